The van der Waals surface area contributed by atoms with Crippen molar-refractivity contribution in [1.29, 1.82) is 0 Å². The Morgan fingerprint density at radius 3 is 2.81 bits per heavy atom. The molecule has 0 radical (unpaired) electrons. The Balaban J connectivity index is 1.53. The molecule has 0 bridgehead atoms. The molecule has 0 spiro atoms. The van der Waals surface area contributed by atoms with Gasteiger partial charge < -0.3 is 5.73 Å². The monoisotopic (exact) mass is 216 g/mol. The lowest BCUT2D eigenvalue weighted by Crippen LogP contribution is -2.17. The molecule has 1 aliphatic heterocycles. The third-order valence-corrected chi connectivity index (χ3v) is 3.80. The molecular formula is C14H20N2. The van der Waals surface area contributed by atoms with Gasteiger partial charge in [-0.15, -0.1) is 0 Å². The molecule has 0 atom stereocenters. The molecule has 2 aliphatic rings. The standard InChI is InChI=1S/C14H20N2/c15-14-6-5-12-9-16(10-13(12)8-14)7-1-2-11-3-4-11/h5-6,8,11H,1-4,7,9-10,15H2. The molecule has 2 heteroatoms. The van der Waals surface area contributed by atoms with Crippen LogP contribution < -0.4 is 5.73 Å². The normalized spacial score (nSPS) is 20.0. The Labute approximate surface area is 97.4 Å². The summed E-state index contributed by atoms with van der Waals surface area (Å²) in [4.78, 5) is 2.55. The Bertz CT molecular complexity index is 382. The summed E-state index contributed by atoms with van der Waals surface area (Å²) in [7, 11) is 0. The highest BCUT2D eigenvalue weighted by molar-refractivity contribution is 5.46. The minimum absolute atomic E-state index is 0.901. The third-order valence-electron chi connectivity index (χ3n) is 3.80. The van der Waals surface area contributed by atoms with Crippen molar-refractivity contribution in [1.82, 2.24) is 4.90 Å². The van der Waals surface area contributed by atoms with E-state index >= 15 is 0 Å². The van der Waals surface area contributed by atoms with Crippen LogP contribution in [0.1, 0.15) is 36.8 Å². The maximum absolute atomic E-state index is 5.81. The van der Waals surface area contributed by atoms with Gasteiger partial charge in [-0.1, -0.05) is 18.9 Å². The summed E-state index contributed by atoms with van der Waals surface area (Å²) in [5.74, 6) is 1.07. The highest BCUT2D eigenvalue weighted by atomic mass is 15.1. The van der Waals surface area contributed by atoms with Gasteiger partial charge in [0, 0.05) is 18.8 Å². The second-order valence-corrected chi connectivity index (χ2v) is 5.32. The zero-order valence-electron chi connectivity index (χ0n) is 9.78. The first kappa shape index (κ1) is 10.2. The molecule has 86 valence electrons. The molecule has 0 amide bonds. The molecule has 1 heterocycles. The van der Waals surface area contributed by atoms with Gasteiger partial charge >= 0.3 is 0 Å². The predicted molar refractivity (Wildman–Crippen MR) is 66.9 cm³/mol. The summed E-state index contributed by atoms with van der Waals surface area (Å²) in [6, 6.07) is 6.34. The Hall–Kier alpha value is -1.02. The quantitative estimate of drug-likeness (QED) is 0.784. The van der Waals surface area contributed by atoms with Gasteiger partial charge in [0.05, 0.1) is 0 Å². The Kier molecular flexibility index (Phi) is 2.60. The molecule has 0 saturated heterocycles. The maximum atomic E-state index is 5.81. The van der Waals surface area contributed by atoms with Gasteiger partial charge in [-0.3, -0.25) is 4.90 Å². The van der Waals surface area contributed by atoms with Crippen molar-refractivity contribution in [2.45, 2.75) is 38.8 Å². The van der Waals surface area contributed by atoms with Gasteiger partial charge in [-0.25, -0.2) is 0 Å². The van der Waals surface area contributed by atoms with E-state index in [0.717, 1.165) is 24.7 Å². The van der Waals surface area contributed by atoms with Gasteiger partial charge in [0.1, 0.15) is 0 Å². The molecule has 16 heavy (non-hydrogen) atoms. The summed E-state index contributed by atoms with van der Waals surface area (Å²) in [5, 5.41) is 0. The largest absolute Gasteiger partial charge is 0.399 e. The van der Waals surface area contributed by atoms with Crippen LogP contribution in [0.5, 0.6) is 0 Å². The molecule has 0 unspecified atom stereocenters. The summed E-state index contributed by atoms with van der Waals surface area (Å²) in [6.07, 6.45) is 5.77. The Morgan fingerprint density at radius 2 is 2.00 bits per heavy atom. The molecule has 2 N–H and O–H groups in total. The lowest BCUT2D eigenvalue weighted by Gasteiger charge is -2.13. The first-order chi connectivity index (χ1) is 7.81. The maximum Gasteiger partial charge on any atom is 0.0317 e. The molecular weight excluding hydrogens is 196 g/mol. The van der Waals surface area contributed by atoms with Gasteiger partial charge in [0.2, 0.25) is 0 Å². The van der Waals surface area contributed by atoms with Crippen LogP contribution in [-0.2, 0) is 13.1 Å². The minimum atomic E-state index is 0.901. The van der Waals surface area contributed by atoms with Crippen LogP contribution in [0, 0.1) is 5.92 Å². The van der Waals surface area contributed by atoms with Crippen molar-refractivity contribution in [3.05, 3.63) is 29.3 Å². The minimum Gasteiger partial charge on any atom is -0.399 e. The number of fused-ring (bicyclic) bond motifs is 1. The van der Waals surface area contributed by atoms with Crippen molar-refractivity contribution in [3.8, 4) is 0 Å². The molecule has 3 rings (SSSR count). The molecule has 1 aromatic rings. The zero-order valence-corrected chi connectivity index (χ0v) is 9.78. The van der Waals surface area contributed by atoms with Crippen molar-refractivity contribution in [2.75, 3.05) is 12.3 Å². The second-order valence-electron chi connectivity index (χ2n) is 5.32. The fourth-order valence-corrected chi connectivity index (χ4v) is 2.65. The van der Waals surface area contributed by atoms with Crippen LogP contribution in [0.3, 0.4) is 0 Å². The van der Waals surface area contributed by atoms with E-state index in [0.29, 0.717) is 0 Å². The van der Waals surface area contributed by atoms with Gasteiger partial charge in [-0.05, 0) is 48.6 Å². The molecule has 1 aliphatic carbocycles. The van der Waals surface area contributed by atoms with Crippen molar-refractivity contribution in [3.63, 3.8) is 0 Å². The van der Waals surface area contributed by atoms with Crippen LogP contribution in [0.15, 0.2) is 18.2 Å². The fourth-order valence-electron chi connectivity index (χ4n) is 2.65. The highest BCUT2D eigenvalue weighted by Crippen LogP contribution is 2.34. The summed E-state index contributed by atoms with van der Waals surface area (Å²) in [6.45, 7) is 3.48. The van der Waals surface area contributed by atoms with E-state index in [1.807, 2.05) is 6.07 Å². The van der Waals surface area contributed by atoms with E-state index in [-0.39, 0.29) is 0 Å². The van der Waals surface area contributed by atoms with Gasteiger partial charge in [-0.2, -0.15) is 0 Å². The van der Waals surface area contributed by atoms with Crippen LogP contribution in [0.2, 0.25) is 0 Å². The number of hydrogen-bond donors (Lipinski definition) is 1. The van der Waals surface area contributed by atoms with Gasteiger partial charge in [0.25, 0.3) is 0 Å². The van der Waals surface area contributed by atoms with Crippen LogP contribution in [-0.4, -0.2) is 11.4 Å². The summed E-state index contributed by atoms with van der Waals surface area (Å²) in [5.41, 5.74) is 9.62. The number of rotatable bonds is 4. The predicted octanol–water partition coefficient (Wildman–Crippen LogP) is 2.77. The number of nitrogens with zero attached hydrogens (tertiary/aromatic N) is 1. The lowest BCUT2D eigenvalue weighted by molar-refractivity contribution is 0.275. The van der Waals surface area contributed by atoms with E-state index in [4.69, 9.17) is 5.73 Å². The molecule has 1 aromatic carbocycles. The molecule has 1 fully saturated rings. The Morgan fingerprint density at radius 1 is 1.19 bits per heavy atom. The molecule has 1 saturated carbocycles. The number of anilines is 1. The van der Waals surface area contributed by atoms with Gasteiger partial charge in [0.15, 0.2) is 0 Å². The first-order valence-corrected chi connectivity index (χ1v) is 6.41. The zero-order chi connectivity index (χ0) is 11.0. The van der Waals surface area contributed by atoms with E-state index in [1.54, 1.807) is 0 Å². The lowest BCUT2D eigenvalue weighted by atomic mass is 10.1. The highest BCUT2D eigenvalue weighted by Gasteiger charge is 2.22. The van der Waals surface area contributed by atoms with E-state index in [9.17, 15) is 0 Å². The van der Waals surface area contributed by atoms with Crippen molar-refractivity contribution in [2.24, 2.45) is 5.92 Å². The number of nitrogens with two attached hydrogens (primary N) is 1. The van der Waals surface area contributed by atoms with Crippen molar-refractivity contribution < 1.29 is 0 Å². The van der Waals surface area contributed by atoms with E-state index in [1.165, 1.54) is 43.4 Å². The van der Waals surface area contributed by atoms with Crippen LogP contribution in [0.4, 0.5) is 5.69 Å². The topological polar surface area (TPSA) is 29.3 Å². The fraction of sp³-hybridized carbons (Fsp3) is 0.571. The number of nitrogen functional groups attached to an aromatic ring is 1. The average Bonchev–Trinajstić information content (AvgIpc) is 2.98. The number of hydrogen-bond acceptors (Lipinski definition) is 2. The molecule has 0 aromatic heterocycles. The van der Waals surface area contributed by atoms with Crippen molar-refractivity contribution >= 4 is 5.69 Å². The van der Waals surface area contributed by atoms with E-state index in [2.05, 4.69) is 17.0 Å². The first-order valence-electron chi connectivity index (χ1n) is 6.41. The van der Waals surface area contributed by atoms with Crippen LogP contribution in [0.25, 0.3) is 0 Å². The summed E-state index contributed by atoms with van der Waals surface area (Å²) >= 11 is 0. The van der Waals surface area contributed by atoms with Crippen LogP contribution >= 0.6 is 0 Å². The smallest absolute Gasteiger partial charge is 0.0317 e. The average molecular weight is 216 g/mol. The molecule has 2 nitrogen and oxygen atoms in total. The van der Waals surface area contributed by atoms with E-state index < -0.39 is 0 Å². The second kappa shape index (κ2) is 4.10. The number of benzene rings is 1. The SMILES string of the molecule is Nc1ccc2c(c1)CN(CCCC1CC1)C2. The summed E-state index contributed by atoms with van der Waals surface area (Å²) < 4.78 is 0. The third kappa shape index (κ3) is 2.22.